The number of aliphatic hydroxyl groups is 2. The number of hydrogen-bond acceptors (Lipinski definition) is 9. The van der Waals surface area contributed by atoms with Gasteiger partial charge in [0, 0.05) is 12.8 Å². The van der Waals surface area contributed by atoms with Crippen molar-refractivity contribution < 1.29 is 47.8 Å². The molecular formula is C46H77O10P. The van der Waals surface area contributed by atoms with E-state index >= 15 is 0 Å². The van der Waals surface area contributed by atoms with Crippen LogP contribution in [0.25, 0.3) is 0 Å². The number of hydrogen-bond donors (Lipinski definition) is 3. The molecule has 0 amide bonds. The zero-order valence-corrected chi connectivity index (χ0v) is 36.2. The van der Waals surface area contributed by atoms with Gasteiger partial charge in [0.2, 0.25) is 0 Å². The number of phosphoric acid groups is 1. The third kappa shape index (κ3) is 41.1. The largest absolute Gasteiger partial charge is 0.472 e. The minimum atomic E-state index is -4.64. The van der Waals surface area contributed by atoms with Crippen LogP contribution in [0.3, 0.4) is 0 Å². The van der Waals surface area contributed by atoms with E-state index in [0.717, 1.165) is 96.3 Å². The average molecular weight is 821 g/mol. The third-order valence-electron chi connectivity index (χ3n) is 8.53. The monoisotopic (exact) mass is 821 g/mol. The molecule has 1 unspecified atom stereocenters. The van der Waals surface area contributed by atoms with E-state index in [4.69, 9.17) is 19.1 Å². The molecule has 3 N–H and O–H groups in total. The second-order valence-electron chi connectivity index (χ2n) is 14.0. The topological polar surface area (TPSA) is 149 Å². The Morgan fingerprint density at radius 3 is 1.47 bits per heavy atom. The maximum Gasteiger partial charge on any atom is 0.472 e. The standard InChI is InChI=1S/C46H77O10P/c1-3-5-7-9-11-13-15-17-19-20-21-22-24-26-28-30-32-34-36-38-46(50)56-44(42-55-57(51,52)54-40-43(48)39-47)41-53-45(49)37-35-33-31-29-27-25-23-18-16-14-12-10-8-6-4-2/h5,7,11-14,17-19,21-23,26,28,43-44,47-48H,3-4,6,8-10,15-16,20,24-25,27,29-42H2,1-2H3,(H,51,52)/t43-,44+/m0/s1. The number of ether oxygens (including phenoxy) is 2. The molecule has 11 heteroatoms. The van der Waals surface area contributed by atoms with E-state index < -0.39 is 51.8 Å². The van der Waals surface area contributed by atoms with E-state index in [1.807, 2.05) is 0 Å². The second kappa shape index (κ2) is 41.3. The third-order valence-corrected chi connectivity index (χ3v) is 9.48. The maximum atomic E-state index is 12.6. The lowest BCUT2D eigenvalue weighted by Gasteiger charge is -2.20. The second-order valence-corrected chi connectivity index (χ2v) is 15.4. The fourth-order valence-electron chi connectivity index (χ4n) is 5.22. The van der Waals surface area contributed by atoms with E-state index in [1.54, 1.807) is 0 Å². The van der Waals surface area contributed by atoms with Gasteiger partial charge in [0.05, 0.1) is 19.8 Å². The van der Waals surface area contributed by atoms with Gasteiger partial charge in [0.1, 0.15) is 12.7 Å². The summed E-state index contributed by atoms with van der Waals surface area (Å²) in [6.45, 7) is 2.16. The van der Waals surface area contributed by atoms with Crippen molar-refractivity contribution in [2.24, 2.45) is 0 Å². The van der Waals surface area contributed by atoms with Gasteiger partial charge in [-0.15, -0.1) is 0 Å². The SMILES string of the molecule is CCC=CCC=CCC=CCC=CCC=CCCCCCC(=O)O[C@H](COC(=O)CCCCCCCC=CCC=CCCCCC)COP(=O)(O)OC[C@@H](O)CO. The molecule has 0 spiro atoms. The summed E-state index contributed by atoms with van der Waals surface area (Å²) >= 11 is 0. The summed E-state index contributed by atoms with van der Waals surface area (Å²) in [5, 5.41) is 18.3. The van der Waals surface area contributed by atoms with Crippen LogP contribution in [0.5, 0.6) is 0 Å². The predicted molar refractivity (Wildman–Crippen MR) is 233 cm³/mol. The Bertz CT molecular complexity index is 1220. The Labute approximate surface area is 345 Å². The molecule has 0 fully saturated rings. The molecule has 57 heavy (non-hydrogen) atoms. The Morgan fingerprint density at radius 2 is 0.965 bits per heavy atom. The summed E-state index contributed by atoms with van der Waals surface area (Å²) in [7, 11) is -4.64. The lowest BCUT2D eigenvalue weighted by Crippen LogP contribution is -2.29. The van der Waals surface area contributed by atoms with Crippen LogP contribution in [0.2, 0.25) is 0 Å². The quantitative estimate of drug-likeness (QED) is 0.0237. The molecule has 0 aromatic carbocycles. The number of allylic oxidation sites excluding steroid dienone is 14. The highest BCUT2D eigenvalue weighted by atomic mass is 31.2. The predicted octanol–water partition coefficient (Wildman–Crippen LogP) is 11.4. The summed E-state index contributed by atoms with van der Waals surface area (Å²) in [4.78, 5) is 35.0. The lowest BCUT2D eigenvalue weighted by atomic mass is 10.1. The first kappa shape index (κ1) is 54.2. The zero-order valence-electron chi connectivity index (χ0n) is 35.3. The van der Waals surface area contributed by atoms with E-state index in [1.165, 1.54) is 19.3 Å². The molecule has 326 valence electrons. The van der Waals surface area contributed by atoms with Gasteiger partial charge in [-0.05, 0) is 89.9 Å². The molecular weight excluding hydrogens is 743 g/mol. The van der Waals surface area contributed by atoms with E-state index in [2.05, 4.69) is 103 Å². The molecule has 0 aromatic rings. The van der Waals surface area contributed by atoms with Gasteiger partial charge in [-0.1, -0.05) is 137 Å². The number of carbonyl (C=O) groups excluding carboxylic acids is 2. The van der Waals surface area contributed by atoms with Gasteiger partial charge < -0.3 is 24.6 Å². The number of carbonyl (C=O) groups is 2. The molecule has 0 rings (SSSR count). The fourth-order valence-corrected chi connectivity index (χ4v) is 6.01. The van der Waals surface area contributed by atoms with Crippen LogP contribution in [-0.4, -0.2) is 65.7 Å². The minimum absolute atomic E-state index is 0.137. The van der Waals surface area contributed by atoms with Crippen LogP contribution in [-0.2, 0) is 32.7 Å². The van der Waals surface area contributed by atoms with Gasteiger partial charge in [-0.2, -0.15) is 0 Å². The molecule has 0 aliphatic carbocycles. The Balaban J connectivity index is 4.41. The Hall–Kier alpha value is -2.85. The molecule has 0 aromatic heterocycles. The van der Waals surface area contributed by atoms with Crippen molar-refractivity contribution in [3.63, 3.8) is 0 Å². The van der Waals surface area contributed by atoms with Gasteiger partial charge >= 0.3 is 19.8 Å². The first-order chi connectivity index (χ1) is 27.7. The Kier molecular flexibility index (Phi) is 39.2. The molecule has 0 aliphatic rings. The van der Waals surface area contributed by atoms with Crippen molar-refractivity contribution in [3.05, 3.63) is 85.1 Å². The minimum Gasteiger partial charge on any atom is -0.462 e. The molecule has 0 aliphatic heterocycles. The van der Waals surface area contributed by atoms with Crippen LogP contribution in [0, 0.1) is 0 Å². The van der Waals surface area contributed by atoms with Crippen molar-refractivity contribution in [2.75, 3.05) is 26.4 Å². The highest BCUT2D eigenvalue weighted by molar-refractivity contribution is 7.47. The lowest BCUT2D eigenvalue weighted by molar-refractivity contribution is -0.161. The number of rotatable bonds is 39. The van der Waals surface area contributed by atoms with Crippen molar-refractivity contribution >= 4 is 19.8 Å². The summed E-state index contributed by atoms with van der Waals surface area (Å²) in [6, 6.07) is 0. The highest BCUT2D eigenvalue weighted by Crippen LogP contribution is 2.43. The number of aliphatic hydroxyl groups excluding tert-OH is 2. The van der Waals surface area contributed by atoms with Crippen LogP contribution in [0.1, 0.15) is 155 Å². The van der Waals surface area contributed by atoms with Crippen LogP contribution in [0.4, 0.5) is 0 Å². The van der Waals surface area contributed by atoms with E-state index in [9.17, 15) is 24.2 Å². The van der Waals surface area contributed by atoms with Crippen molar-refractivity contribution in [3.8, 4) is 0 Å². The van der Waals surface area contributed by atoms with Crippen molar-refractivity contribution in [1.29, 1.82) is 0 Å². The van der Waals surface area contributed by atoms with Gasteiger partial charge in [-0.3, -0.25) is 18.6 Å². The van der Waals surface area contributed by atoms with Crippen molar-refractivity contribution in [1.82, 2.24) is 0 Å². The molecule has 0 saturated heterocycles. The van der Waals surface area contributed by atoms with Crippen LogP contribution < -0.4 is 0 Å². The summed E-state index contributed by atoms with van der Waals surface area (Å²) in [5.41, 5.74) is 0. The maximum absolute atomic E-state index is 12.6. The summed E-state index contributed by atoms with van der Waals surface area (Å²) in [6.07, 6.45) is 48.3. The zero-order chi connectivity index (χ0) is 41.9. The van der Waals surface area contributed by atoms with Crippen molar-refractivity contribution in [2.45, 2.75) is 167 Å². The van der Waals surface area contributed by atoms with Gasteiger partial charge in [-0.25, -0.2) is 4.57 Å². The molecule has 0 heterocycles. The molecule has 0 bridgehead atoms. The van der Waals surface area contributed by atoms with Crippen LogP contribution in [0.15, 0.2) is 85.1 Å². The average Bonchev–Trinajstić information content (AvgIpc) is 3.20. The normalized spacial score (nSPS) is 14.7. The molecule has 0 saturated carbocycles. The number of unbranched alkanes of at least 4 members (excludes halogenated alkanes) is 11. The molecule has 10 nitrogen and oxygen atoms in total. The first-order valence-corrected chi connectivity index (χ1v) is 23.0. The van der Waals surface area contributed by atoms with E-state index in [-0.39, 0.29) is 19.4 Å². The number of phosphoric ester groups is 1. The Morgan fingerprint density at radius 1 is 0.544 bits per heavy atom. The molecule has 3 atom stereocenters. The van der Waals surface area contributed by atoms with Crippen LogP contribution >= 0.6 is 7.82 Å². The van der Waals surface area contributed by atoms with E-state index in [0.29, 0.717) is 12.8 Å². The first-order valence-electron chi connectivity index (χ1n) is 21.5. The van der Waals surface area contributed by atoms with Gasteiger partial charge in [0.15, 0.2) is 6.10 Å². The highest BCUT2D eigenvalue weighted by Gasteiger charge is 2.27. The molecule has 0 radical (unpaired) electrons. The smallest absolute Gasteiger partial charge is 0.462 e. The van der Waals surface area contributed by atoms with Gasteiger partial charge in [0.25, 0.3) is 0 Å². The number of esters is 2. The summed E-state index contributed by atoms with van der Waals surface area (Å²) < 4.78 is 32.7. The fraction of sp³-hybridized carbons (Fsp3) is 0.652. The summed E-state index contributed by atoms with van der Waals surface area (Å²) in [5.74, 6) is -0.987.